The number of amides is 1. The number of carbonyl (C=O) groups is 1. The van der Waals surface area contributed by atoms with Gasteiger partial charge in [0.1, 0.15) is 19.1 Å². The summed E-state index contributed by atoms with van der Waals surface area (Å²) in [6.07, 6.45) is 0.347. The van der Waals surface area contributed by atoms with Crippen molar-refractivity contribution in [2.75, 3.05) is 52.0 Å². The molecule has 1 N–H and O–H groups in total. The van der Waals surface area contributed by atoms with Crippen LogP contribution in [0, 0.1) is 0 Å². The fraction of sp³-hybridized carbons (Fsp3) is 0.542. The number of ether oxygens (including phenoxy) is 3. The molecule has 11 heteroatoms. The number of nitrogens with one attached hydrogen (secondary N) is 1. The van der Waals surface area contributed by atoms with Crippen LogP contribution in [-0.2, 0) is 27.1 Å². The largest absolute Gasteiger partial charge is 0.447 e. The molecule has 1 fully saturated rings. The normalized spacial score (nSPS) is 17.6. The molecule has 1 saturated heterocycles. The molecule has 2 unspecified atom stereocenters. The summed E-state index contributed by atoms with van der Waals surface area (Å²) in [6, 6.07) is 4.98. The lowest BCUT2D eigenvalue weighted by atomic mass is 10.1. The highest BCUT2D eigenvalue weighted by Gasteiger charge is 2.37. The van der Waals surface area contributed by atoms with Gasteiger partial charge in [-0.3, -0.25) is 0 Å². The van der Waals surface area contributed by atoms with Gasteiger partial charge in [-0.1, -0.05) is 37.0 Å². The van der Waals surface area contributed by atoms with E-state index in [1.165, 1.54) is 12.0 Å². The molecule has 0 bridgehead atoms. The average Bonchev–Trinajstić information content (AvgIpc) is 3.25. The number of nitrogens with zero attached hydrogens (tertiary/aromatic N) is 3. The first-order valence-electron chi connectivity index (χ1n) is 11.6. The van der Waals surface area contributed by atoms with E-state index in [0.29, 0.717) is 47.6 Å². The van der Waals surface area contributed by atoms with Crippen molar-refractivity contribution >= 4 is 35.1 Å². The summed E-state index contributed by atoms with van der Waals surface area (Å²) in [5, 5.41) is 4.45. The van der Waals surface area contributed by atoms with Crippen LogP contribution in [0.4, 0.5) is 15.0 Å². The van der Waals surface area contributed by atoms with Crippen molar-refractivity contribution in [2.24, 2.45) is 0 Å². The number of benzene rings is 1. The Morgan fingerprint density at radius 3 is 2.57 bits per heavy atom. The second-order valence-electron chi connectivity index (χ2n) is 8.01. The Bertz CT molecular complexity index is 1010. The maximum absolute atomic E-state index is 12.8. The molecule has 2 atom stereocenters. The Hall–Kier alpha value is -2.20. The molecule has 1 aromatic carbocycles. The minimum Gasteiger partial charge on any atom is -0.447 e. The number of aryl methyl sites for hydroxylation is 2. The second kappa shape index (κ2) is 13.2. The molecule has 0 spiro atoms. The van der Waals surface area contributed by atoms with Gasteiger partial charge in [-0.2, -0.15) is 0 Å². The maximum Gasteiger partial charge on any atom is 0.410 e. The lowest BCUT2D eigenvalue weighted by Gasteiger charge is -2.22. The summed E-state index contributed by atoms with van der Waals surface area (Å²) >= 11 is 12.5. The van der Waals surface area contributed by atoms with E-state index in [4.69, 9.17) is 47.4 Å². The first kappa shape index (κ1) is 27.4. The van der Waals surface area contributed by atoms with Gasteiger partial charge in [0.2, 0.25) is 0 Å². The van der Waals surface area contributed by atoms with Gasteiger partial charge in [0.25, 0.3) is 0 Å². The summed E-state index contributed by atoms with van der Waals surface area (Å²) in [6.45, 7) is 4.36. The highest BCUT2D eigenvalue weighted by molar-refractivity contribution is 6.36. The highest BCUT2D eigenvalue weighted by atomic mass is 35.5. The van der Waals surface area contributed by atoms with E-state index in [0.717, 1.165) is 17.0 Å². The zero-order valence-electron chi connectivity index (χ0n) is 20.2. The smallest absolute Gasteiger partial charge is 0.410 e. The van der Waals surface area contributed by atoms with Crippen molar-refractivity contribution in [2.45, 2.75) is 38.8 Å². The predicted molar refractivity (Wildman–Crippen MR) is 134 cm³/mol. The third-order valence-electron chi connectivity index (χ3n) is 5.66. The number of likely N-dealkylation sites (tertiary alicyclic amines) is 1. The van der Waals surface area contributed by atoms with Crippen molar-refractivity contribution < 1.29 is 23.4 Å². The first-order valence-corrected chi connectivity index (χ1v) is 12.4. The second-order valence-corrected chi connectivity index (χ2v) is 8.85. The number of carbonyl (C=O) groups excluding carboxylic acids is 1. The van der Waals surface area contributed by atoms with Crippen LogP contribution in [0.2, 0.25) is 10.0 Å². The van der Waals surface area contributed by atoms with Gasteiger partial charge >= 0.3 is 6.09 Å². The Labute approximate surface area is 215 Å². The van der Waals surface area contributed by atoms with Crippen LogP contribution >= 0.6 is 23.2 Å². The van der Waals surface area contributed by atoms with Crippen LogP contribution in [-0.4, -0.2) is 79.8 Å². The van der Waals surface area contributed by atoms with Gasteiger partial charge in [-0.25, -0.2) is 19.2 Å². The topological polar surface area (TPSA) is 85.8 Å². The number of rotatable bonds is 11. The van der Waals surface area contributed by atoms with Gasteiger partial charge in [0.15, 0.2) is 0 Å². The standard InChI is InChI=1S/C24H31Cl2FN4O4/c1-4-18-22(16-7-6-15(25)12-17(16)26)28-19(5-2)23(29-18)30-20-13-31(14-21(20)34-9-8-27)24(32)35-11-10-33-3/h6-7,12,20-21H,4-5,8-11,13-14H2,1-3H3,(H,29,30). The van der Waals surface area contributed by atoms with E-state index < -0.39 is 18.9 Å². The van der Waals surface area contributed by atoms with E-state index in [1.807, 2.05) is 19.9 Å². The van der Waals surface area contributed by atoms with Crippen LogP contribution in [0.15, 0.2) is 18.2 Å². The molecule has 2 heterocycles. The highest BCUT2D eigenvalue weighted by Crippen LogP contribution is 2.33. The minimum atomic E-state index is -0.613. The Balaban J connectivity index is 1.86. The quantitative estimate of drug-likeness (QED) is 0.418. The lowest BCUT2D eigenvalue weighted by molar-refractivity contribution is 0.0404. The van der Waals surface area contributed by atoms with Crippen molar-refractivity contribution in [3.63, 3.8) is 0 Å². The van der Waals surface area contributed by atoms with E-state index >= 15 is 0 Å². The number of anilines is 1. The van der Waals surface area contributed by atoms with Crippen LogP contribution < -0.4 is 5.32 Å². The number of halogens is 3. The first-order chi connectivity index (χ1) is 16.9. The minimum absolute atomic E-state index is 0.0596. The average molecular weight is 529 g/mol. The Morgan fingerprint density at radius 1 is 1.14 bits per heavy atom. The van der Waals surface area contributed by atoms with E-state index in [-0.39, 0.29) is 25.8 Å². The molecule has 1 aliphatic heterocycles. The summed E-state index contributed by atoms with van der Waals surface area (Å²) in [4.78, 5) is 23.7. The van der Waals surface area contributed by atoms with Gasteiger partial charge in [-0.05, 0) is 31.0 Å². The lowest BCUT2D eigenvalue weighted by Crippen LogP contribution is -2.36. The predicted octanol–water partition coefficient (Wildman–Crippen LogP) is 4.81. The van der Waals surface area contributed by atoms with Gasteiger partial charge < -0.3 is 24.4 Å². The summed E-state index contributed by atoms with van der Waals surface area (Å²) in [5.41, 5.74) is 2.98. The molecule has 1 amide bonds. The number of aromatic nitrogens is 2. The molecule has 8 nitrogen and oxygen atoms in total. The van der Waals surface area contributed by atoms with Gasteiger partial charge in [0.05, 0.1) is 54.0 Å². The number of methoxy groups -OCH3 is 1. The molecule has 35 heavy (non-hydrogen) atoms. The van der Waals surface area contributed by atoms with Crippen molar-refractivity contribution in [3.8, 4) is 11.3 Å². The SMILES string of the molecule is CCc1nc(-c2ccc(Cl)cc2Cl)c(CC)nc1NC1CN(C(=O)OCCOC)CC1OCCF. The van der Waals surface area contributed by atoms with Crippen LogP contribution in [0.3, 0.4) is 0 Å². The van der Waals surface area contributed by atoms with Crippen molar-refractivity contribution in [3.05, 3.63) is 39.6 Å². The monoisotopic (exact) mass is 528 g/mol. The van der Waals surface area contributed by atoms with Gasteiger partial charge in [-0.15, -0.1) is 0 Å². The van der Waals surface area contributed by atoms with Crippen molar-refractivity contribution in [1.82, 2.24) is 14.9 Å². The third kappa shape index (κ3) is 6.94. The van der Waals surface area contributed by atoms with Gasteiger partial charge in [0, 0.05) is 24.2 Å². The molecule has 1 aliphatic rings. The molecular formula is C24H31Cl2FN4O4. The zero-order valence-corrected chi connectivity index (χ0v) is 21.7. The summed E-state index contributed by atoms with van der Waals surface area (Å²) in [5.74, 6) is 0.603. The third-order valence-corrected chi connectivity index (χ3v) is 6.21. The Morgan fingerprint density at radius 2 is 1.91 bits per heavy atom. The summed E-state index contributed by atoms with van der Waals surface area (Å²) < 4.78 is 28.7. The number of hydrogen-bond acceptors (Lipinski definition) is 7. The van der Waals surface area contributed by atoms with Crippen LogP contribution in [0.25, 0.3) is 11.3 Å². The number of hydrogen-bond donors (Lipinski definition) is 1. The summed E-state index contributed by atoms with van der Waals surface area (Å²) in [7, 11) is 1.54. The molecular weight excluding hydrogens is 498 g/mol. The molecule has 2 aromatic rings. The van der Waals surface area contributed by atoms with E-state index in [2.05, 4.69) is 5.32 Å². The molecule has 192 valence electrons. The number of alkyl halides is 1. The van der Waals surface area contributed by atoms with Crippen molar-refractivity contribution in [1.29, 1.82) is 0 Å². The van der Waals surface area contributed by atoms with E-state index in [9.17, 15) is 9.18 Å². The van der Waals surface area contributed by atoms with Crippen LogP contribution in [0.5, 0.6) is 0 Å². The molecule has 3 rings (SSSR count). The molecule has 1 aromatic heterocycles. The Kier molecular flexibility index (Phi) is 10.3. The van der Waals surface area contributed by atoms with E-state index in [1.54, 1.807) is 12.1 Å². The molecule has 0 aliphatic carbocycles. The van der Waals surface area contributed by atoms with Crippen LogP contribution in [0.1, 0.15) is 25.2 Å². The fourth-order valence-electron chi connectivity index (χ4n) is 3.92. The molecule has 0 saturated carbocycles. The molecule has 0 radical (unpaired) electrons. The maximum atomic E-state index is 12.8. The zero-order chi connectivity index (χ0) is 25.4. The fourth-order valence-corrected chi connectivity index (χ4v) is 4.41.